The van der Waals surface area contributed by atoms with Crippen molar-refractivity contribution in [3.8, 4) is 11.5 Å². The summed E-state index contributed by atoms with van der Waals surface area (Å²) in [6.07, 6.45) is 2.21. The highest BCUT2D eigenvalue weighted by Gasteiger charge is 2.34. The number of halogens is 2. The molecule has 1 aliphatic heterocycles. The number of methoxy groups -OCH3 is 1. The van der Waals surface area contributed by atoms with Gasteiger partial charge in [-0.15, -0.1) is 0 Å². The maximum atomic E-state index is 13.1. The molecule has 0 atom stereocenters. The molecule has 0 saturated carbocycles. The van der Waals surface area contributed by atoms with Crippen LogP contribution in [0.5, 0.6) is 11.5 Å². The predicted molar refractivity (Wildman–Crippen MR) is 132 cm³/mol. The van der Waals surface area contributed by atoms with Gasteiger partial charge in [-0.2, -0.15) is 0 Å². The third kappa shape index (κ3) is 5.61. The molecule has 0 aliphatic carbocycles. The predicted octanol–water partition coefficient (Wildman–Crippen LogP) is 6.35. The first kappa shape index (κ1) is 23.9. The molecule has 3 aromatic rings. The molecule has 34 heavy (non-hydrogen) atoms. The van der Waals surface area contributed by atoms with Gasteiger partial charge in [0.05, 0.1) is 17.0 Å². The van der Waals surface area contributed by atoms with Crippen LogP contribution < -0.4 is 9.47 Å². The highest BCUT2D eigenvalue weighted by atomic mass is 35.5. The monoisotopic (exact) mass is 497 g/mol. The van der Waals surface area contributed by atoms with E-state index in [4.69, 9.17) is 21.1 Å². The van der Waals surface area contributed by atoms with E-state index >= 15 is 0 Å². The van der Waals surface area contributed by atoms with Crippen molar-refractivity contribution in [1.29, 1.82) is 0 Å². The zero-order chi connectivity index (χ0) is 24.1. The van der Waals surface area contributed by atoms with Crippen LogP contribution in [0.25, 0.3) is 6.08 Å². The number of carbonyl (C=O) groups excluding carboxylic acids is 2. The second-order valence-corrected chi connectivity index (χ2v) is 8.92. The van der Waals surface area contributed by atoms with Crippen LogP contribution in [-0.4, -0.2) is 29.7 Å². The number of thioether (sulfide) groups is 1. The van der Waals surface area contributed by atoms with Gasteiger partial charge in [-0.25, -0.2) is 4.39 Å². The van der Waals surface area contributed by atoms with Gasteiger partial charge in [0.25, 0.3) is 11.1 Å². The van der Waals surface area contributed by atoms with Gasteiger partial charge in [0.2, 0.25) is 0 Å². The largest absolute Gasteiger partial charge is 0.493 e. The van der Waals surface area contributed by atoms with Gasteiger partial charge < -0.3 is 9.47 Å². The molecule has 2 amide bonds. The molecular formula is C26H21ClFNO4S. The van der Waals surface area contributed by atoms with Gasteiger partial charge in [-0.3, -0.25) is 14.5 Å². The molecular weight excluding hydrogens is 477 g/mol. The summed E-state index contributed by atoms with van der Waals surface area (Å²) in [6.45, 7) is 0.488. The van der Waals surface area contributed by atoms with Crippen LogP contribution in [0.4, 0.5) is 9.18 Å². The number of benzene rings is 3. The fourth-order valence-electron chi connectivity index (χ4n) is 3.43. The number of imide groups is 1. The Morgan fingerprint density at radius 2 is 1.76 bits per heavy atom. The van der Waals surface area contributed by atoms with Gasteiger partial charge in [-0.05, 0) is 65.2 Å². The number of hydrogen-bond acceptors (Lipinski definition) is 5. The van der Waals surface area contributed by atoms with Gasteiger partial charge >= 0.3 is 0 Å². The van der Waals surface area contributed by atoms with Crippen molar-refractivity contribution < 1.29 is 23.5 Å². The van der Waals surface area contributed by atoms with Crippen molar-refractivity contribution in [2.45, 2.75) is 13.0 Å². The van der Waals surface area contributed by atoms with Crippen molar-refractivity contribution in [3.05, 3.63) is 99.2 Å². The van der Waals surface area contributed by atoms with Gasteiger partial charge in [-0.1, -0.05) is 54.1 Å². The standard InChI is InChI=1S/C26H21ClFNO4S/c1-32-22-14-19(13-21(27)24(22)33-16-18-7-9-20(28)10-8-18)15-23-25(30)29(26(31)34-23)12-11-17-5-3-2-4-6-17/h2-10,13-15H,11-12,16H2,1H3/b23-15-. The first-order valence-corrected chi connectivity index (χ1v) is 11.7. The van der Waals surface area contributed by atoms with E-state index in [0.29, 0.717) is 34.9 Å². The molecule has 0 bridgehead atoms. The Bertz CT molecular complexity index is 1230. The maximum Gasteiger partial charge on any atom is 0.293 e. The fraction of sp³-hybridized carbons (Fsp3) is 0.154. The Morgan fingerprint density at radius 3 is 2.47 bits per heavy atom. The first-order valence-electron chi connectivity index (χ1n) is 10.5. The lowest BCUT2D eigenvalue weighted by Crippen LogP contribution is -2.30. The topological polar surface area (TPSA) is 55.8 Å². The van der Waals surface area contributed by atoms with Crippen molar-refractivity contribution in [2.75, 3.05) is 13.7 Å². The van der Waals surface area contributed by atoms with E-state index < -0.39 is 0 Å². The third-order valence-corrected chi connectivity index (χ3v) is 6.37. The molecule has 1 fully saturated rings. The number of rotatable bonds is 8. The number of ether oxygens (including phenoxy) is 2. The summed E-state index contributed by atoms with van der Waals surface area (Å²) in [7, 11) is 1.48. The van der Waals surface area contributed by atoms with Gasteiger partial charge in [0.15, 0.2) is 11.5 Å². The Hall–Kier alpha value is -3.29. The van der Waals surface area contributed by atoms with Crippen LogP contribution in [0.15, 0.2) is 71.6 Å². The lowest BCUT2D eigenvalue weighted by atomic mass is 10.1. The van der Waals surface area contributed by atoms with Crippen LogP contribution in [0, 0.1) is 5.82 Å². The fourth-order valence-corrected chi connectivity index (χ4v) is 4.57. The summed E-state index contributed by atoms with van der Waals surface area (Å²) in [5.74, 6) is 0.0524. The van der Waals surface area contributed by atoms with Crippen LogP contribution in [0.1, 0.15) is 16.7 Å². The molecule has 3 aromatic carbocycles. The molecule has 0 N–H and O–H groups in total. The molecule has 1 heterocycles. The molecule has 0 unspecified atom stereocenters. The highest BCUT2D eigenvalue weighted by Crippen LogP contribution is 2.39. The summed E-state index contributed by atoms with van der Waals surface area (Å²) in [6, 6.07) is 19.0. The second kappa shape index (κ2) is 10.8. The Kier molecular flexibility index (Phi) is 7.55. The number of nitrogens with zero attached hydrogens (tertiary/aromatic N) is 1. The normalized spacial score (nSPS) is 14.7. The van der Waals surface area contributed by atoms with E-state index in [-0.39, 0.29) is 28.6 Å². The van der Waals surface area contributed by atoms with Crippen molar-refractivity contribution in [3.63, 3.8) is 0 Å². The Balaban J connectivity index is 1.48. The summed E-state index contributed by atoms with van der Waals surface area (Å²) < 4.78 is 24.3. The van der Waals surface area contributed by atoms with E-state index in [1.807, 2.05) is 30.3 Å². The van der Waals surface area contributed by atoms with Crippen LogP contribution in [0.2, 0.25) is 5.02 Å². The van der Waals surface area contributed by atoms with Gasteiger partial charge in [0, 0.05) is 6.54 Å². The maximum absolute atomic E-state index is 13.1. The van der Waals surface area contributed by atoms with E-state index in [0.717, 1.165) is 22.9 Å². The summed E-state index contributed by atoms with van der Waals surface area (Å²) >= 11 is 7.33. The van der Waals surface area contributed by atoms with Crippen molar-refractivity contribution >= 4 is 40.6 Å². The molecule has 0 spiro atoms. The smallest absolute Gasteiger partial charge is 0.293 e. The number of hydrogen-bond donors (Lipinski definition) is 0. The molecule has 0 aromatic heterocycles. The van der Waals surface area contributed by atoms with Crippen LogP contribution in [-0.2, 0) is 17.8 Å². The van der Waals surface area contributed by atoms with Gasteiger partial charge in [0.1, 0.15) is 12.4 Å². The quantitative estimate of drug-likeness (QED) is 0.340. The zero-order valence-electron chi connectivity index (χ0n) is 18.3. The van der Waals surface area contributed by atoms with Crippen LogP contribution in [0.3, 0.4) is 0 Å². The van der Waals surface area contributed by atoms with Crippen molar-refractivity contribution in [2.24, 2.45) is 0 Å². The first-order chi connectivity index (χ1) is 16.4. The average Bonchev–Trinajstić information content (AvgIpc) is 3.10. The number of carbonyl (C=O) groups is 2. The second-order valence-electron chi connectivity index (χ2n) is 7.52. The van der Waals surface area contributed by atoms with Crippen molar-refractivity contribution in [1.82, 2.24) is 4.90 Å². The van der Waals surface area contributed by atoms with Crippen LogP contribution >= 0.6 is 23.4 Å². The minimum Gasteiger partial charge on any atom is -0.493 e. The summed E-state index contributed by atoms with van der Waals surface area (Å²) in [4.78, 5) is 26.8. The number of amides is 2. The highest BCUT2D eigenvalue weighted by molar-refractivity contribution is 8.18. The molecule has 1 aliphatic rings. The van der Waals surface area contributed by atoms with E-state index in [1.54, 1.807) is 30.3 Å². The molecule has 4 rings (SSSR count). The summed E-state index contributed by atoms with van der Waals surface area (Å²) in [5, 5.41) is -0.0134. The Labute approximate surface area is 206 Å². The lowest BCUT2D eigenvalue weighted by molar-refractivity contribution is -0.122. The minimum atomic E-state index is -0.336. The van der Waals surface area contributed by atoms with E-state index in [2.05, 4.69) is 0 Å². The Morgan fingerprint density at radius 1 is 1.03 bits per heavy atom. The van der Waals surface area contributed by atoms with E-state index in [9.17, 15) is 14.0 Å². The minimum absolute atomic E-state index is 0.177. The molecule has 1 saturated heterocycles. The molecule has 5 nitrogen and oxygen atoms in total. The third-order valence-electron chi connectivity index (χ3n) is 5.19. The lowest BCUT2D eigenvalue weighted by Gasteiger charge is -2.14. The SMILES string of the molecule is COc1cc(/C=C2\SC(=O)N(CCc3ccccc3)C2=O)cc(Cl)c1OCc1ccc(F)cc1. The molecule has 174 valence electrons. The summed E-state index contributed by atoms with van der Waals surface area (Å²) in [5.41, 5.74) is 2.43. The molecule has 8 heteroatoms. The van der Waals surface area contributed by atoms with E-state index in [1.165, 1.54) is 24.1 Å². The molecule has 0 radical (unpaired) electrons. The average molecular weight is 498 g/mol. The zero-order valence-corrected chi connectivity index (χ0v) is 19.9.